The molecule has 158 valence electrons. The van der Waals surface area contributed by atoms with E-state index >= 15 is 0 Å². The number of nitrogens with zero attached hydrogens (tertiary/aromatic N) is 3. The van der Waals surface area contributed by atoms with Gasteiger partial charge in [-0.2, -0.15) is 13.2 Å². The van der Waals surface area contributed by atoms with E-state index in [-0.39, 0.29) is 11.5 Å². The maximum Gasteiger partial charge on any atom is 0.434 e. The summed E-state index contributed by atoms with van der Waals surface area (Å²) < 4.78 is 68.9. The fourth-order valence-electron chi connectivity index (χ4n) is 2.90. The summed E-state index contributed by atoms with van der Waals surface area (Å²) in [6.45, 7) is 1.08. The third-order valence-corrected chi connectivity index (χ3v) is 6.34. The summed E-state index contributed by atoms with van der Waals surface area (Å²) in [6.07, 6.45) is -3.01. The van der Waals surface area contributed by atoms with Crippen LogP contribution in [0, 0.1) is 11.6 Å². The third kappa shape index (κ3) is 4.08. The van der Waals surface area contributed by atoms with Gasteiger partial charge in [-0.1, -0.05) is 11.8 Å². The standard InChI is InChI=1S/C19H14F5N3OS2/c1-18(27(10-28)15-8-3-11(20)9-14(15)21)16(19(22,23)24)25-26-17(18)30-13-6-4-12(29-2)5-7-13/h3-10H,1-2H3. The quantitative estimate of drug-likeness (QED) is 0.336. The normalized spacial score (nSPS) is 18.8. The van der Waals surface area contributed by atoms with Crippen molar-refractivity contribution in [2.75, 3.05) is 11.2 Å². The lowest BCUT2D eigenvalue weighted by Gasteiger charge is -2.37. The van der Waals surface area contributed by atoms with Crippen LogP contribution in [0.3, 0.4) is 0 Å². The largest absolute Gasteiger partial charge is 0.434 e. The molecule has 1 heterocycles. The molecule has 0 saturated carbocycles. The maximum atomic E-state index is 14.4. The topological polar surface area (TPSA) is 45.0 Å². The van der Waals surface area contributed by atoms with E-state index in [1.807, 2.05) is 6.26 Å². The number of amides is 1. The Morgan fingerprint density at radius 2 is 1.67 bits per heavy atom. The third-order valence-electron chi connectivity index (χ3n) is 4.42. The second-order valence-electron chi connectivity index (χ2n) is 6.27. The number of halogens is 5. The highest BCUT2D eigenvalue weighted by Gasteiger charge is 2.57. The molecule has 30 heavy (non-hydrogen) atoms. The summed E-state index contributed by atoms with van der Waals surface area (Å²) in [5.41, 5.74) is -4.16. The van der Waals surface area contributed by atoms with E-state index in [2.05, 4.69) is 10.2 Å². The van der Waals surface area contributed by atoms with Gasteiger partial charge in [0, 0.05) is 15.9 Å². The van der Waals surface area contributed by atoms with Gasteiger partial charge in [0.25, 0.3) is 0 Å². The molecule has 0 radical (unpaired) electrons. The average molecular weight is 459 g/mol. The summed E-state index contributed by atoms with van der Waals surface area (Å²) in [6, 6.07) is 9.17. The van der Waals surface area contributed by atoms with E-state index in [4.69, 9.17) is 0 Å². The van der Waals surface area contributed by atoms with Crippen molar-refractivity contribution in [3.8, 4) is 0 Å². The molecular formula is C19H14F5N3OS2. The fourth-order valence-corrected chi connectivity index (χ4v) is 4.28. The van der Waals surface area contributed by atoms with Gasteiger partial charge in [0.15, 0.2) is 5.71 Å². The van der Waals surface area contributed by atoms with E-state index in [0.717, 1.165) is 35.7 Å². The minimum absolute atomic E-state index is 0.0514. The Hall–Kier alpha value is -2.40. The van der Waals surface area contributed by atoms with E-state index in [1.165, 1.54) is 11.8 Å². The number of anilines is 1. The molecule has 1 atom stereocenters. The van der Waals surface area contributed by atoms with Crippen molar-refractivity contribution in [2.24, 2.45) is 10.2 Å². The lowest BCUT2D eigenvalue weighted by molar-refractivity contribution is -0.108. The molecule has 1 amide bonds. The minimum Gasteiger partial charge on any atom is -0.294 e. The van der Waals surface area contributed by atoms with E-state index < -0.39 is 34.7 Å². The molecule has 2 aromatic rings. The van der Waals surface area contributed by atoms with Gasteiger partial charge in [-0.25, -0.2) is 8.78 Å². The molecule has 1 aliphatic rings. The molecule has 4 nitrogen and oxygen atoms in total. The van der Waals surface area contributed by atoms with Crippen LogP contribution in [-0.2, 0) is 4.79 Å². The van der Waals surface area contributed by atoms with Gasteiger partial charge >= 0.3 is 6.18 Å². The van der Waals surface area contributed by atoms with E-state index in [1.54, 1.807) is 24.3 Å². The van der Waals surface area contributed by atoms with Gasteiger partial charge in [-0.05, 0) is 49.6 Å². The van der Waals surface area contributed by atoms with Crippen LogP contribution in [0.15, 0.2) is 62.5 Å². The van der Waals surface area contributed by atoms with Gasteiger partial charge < -0.3 is 0 Å². The molecule has 0 aliphatic carbocycles. The first-order chi connectivity index (χ1) is 14.1. The summed E-state index contributed by atoms with van der Waals surface area (Å²) in [7, 11) is 0. The zero-order chi connectivity index (χ0) is 22.1. The minimum atomic E-state index is -4.94. The number of carbonyl (C=O) groups is 1. The number of hydrogen-bond acceptors (Lipinski definition) is 5. The monoisotopic (exact) mass is 459 g/mol. The Bertz CT molecular complexity index is 1020. The Morgan fingerprint density at radius 3 is 2.20 bits per heavy atom. The molecule has 1 aliphatic heterocycles. The lowest BCUT2D eigenvalue weighted by atomic mass is 9.94. The van der Waals surface area contributed by atoms with Gasteiger partial charge in [0.05, 0.1) is 5.69 Å². The van der Waals surface area contributed by atoms with Gasteiger partial charge in [-0.3, -0.25) is 9.69 Å². The van der Waals surface area contributed by atoms with Crippen LogP contribution in [0.25, 0.3) is 0 Å². The smallest absolute Gasteiger partial charge is 0.294 e. The van der Waals surface area contributed by atoms with Crippen molar-refractivity contribution in [1.82, 2.24) is 0 Å². The van der Waals surface area contributed by atoms with Crippen LogP contribution >= 0.6 is 23.5 Å². The van der Waals surface area contributed by atoms with Crippen molar-refractivity contribution < 1.29 is 26.7 Å². The number of benzene rings is 2. The Morgan fingerprint density at radius 1 is 1.03 bits per heavy atom. The SMILES string of the molecule is CSc1ccc(SC2=NN=C(C(F)(F)F)C2(C)N(C=O)c2ccc(F)cc2F)cc1. The number of carbonyl (C=O) groups excluding carboxylic acids is 1. The summed E-state index contributed by atoms with van der Waals surface area (Å²) >= 11 is 2.37. The van der Waals surface area contributed by atoms with Crippen LogP contribution < -0.4 is 4.90 Å². The molecule has 2 aromatic carbocycles. The van der Waals surface area contributed by atoms with Crippen molar-refractivity contribution in [2.45, 2.75) is 28.4 Å². The van der Waals surface area contributed by atoms with Crippen molar-refractivity contribution in [3.05, 3.63) is 54.1 Å². The predicted octanol–water partition coefficient (Wildman–Crippen LogP) is 5.53. The molecule has 3 rings (SSSR count). The first-order valence-electron chi connectivity index (χ1n) is 8.36. The zero-order valence-electron chi connectivity index (χ0n) is 15.6. The highest BCUT2D eigenvalue weighted by molar-refractivity contribution is 8.14. The maximum absolute atomic E-state index is 14.4. The fraction of sp³-hybridized carbons (Fsp3) is 0.211. The average Bonchev–Trinajstić information content (AvgIpc) is 3.02. The number of rotatable bonds is 5. The summed E-state index contributed by atoms with van der Waals surface area (Å²) in [5, 5.41) is 6.75. The molecule has 1 unspecified atom stereocenters. The van der Waals surface area contributed by atoms with Gasteiger partial charge in [0.1, 0.15) is 22.2 Å². The molecule has 0 spiro atoms. The Balaban J connectivity index is 2.07. The summed E-state index contributed by atoms with van der Waals surface area (Å²) in [5.74, 6) is -2.12. The van der Waals surface area contributed by atoms with Crippen molar-refractivity contribution in [1.29, 1.82) is 0 Å². The number of alkyl halides is 3. The summed E-state index contributed by atoms with van der Waals surface area (Å²) in [4.78, 5) is 13.9. The molecule has 11 heteroatoms. The second-order valence-corrected chi connectivity index (χ2v) is 8.21. The van der Waals surface area contributed by atoms with Crippen LogP contribution in [0.1, 0.15) is 6.92 Å². The number of thioether (sulfide) groups is 2. The highest BCUT2D eigenvalue weighted by atomic mass is 32.2. The van der Waals surface area contributed by atoms with Crippen molar-refractivity contribution in [3.63, 3.8) is 0 Å². The molecule has 0 N–H and O–H groups in total. The second kappa shape index (κ2) is 8.38. The molecule has 0 saturated heterocycles. The van der Waals surface area contributed by atoms with Crippen LogP contribution in [0.5, 0.6) is 0 Å². The van der Waals surface area contributed by atoms with E-state index in [9.17, 15) is 26.7 Å². The van der Waals surface area contributed by atoms with Crippen molar-refractivity contribution >= 4 is 46.4 Å². The van der Waals surface area contributed by atoms with Crippen LogP contribution in [0.2, 0.25) is 0 Å². The van der Waals surface area contributed by atoms with Crippen LogP contribution in [-0.4, -0.2) is 35.1 Å². The lowest BCUT2D eigenvalue weighted by Crippen LogP contribution is -2.59. The molecule has 0 aromatic heterocycles. The number of hydrogen-bond donors (Lipinski definition) is 0. The van der Waals surface area contributed by atoms with Crippen LogP contribution in [0.4, 0.5) is 27.6 Å². The molecule has 0 bridgehead atoms. The highest BCUT2D eigenvalue weighted by Crippen LogP contribution is 2.41. The first kappa shape index (κ1) is 22.3. The Kier molecular flexibility index (Phi) is 6.23. The molecular weight excluding hydrogens is 445 g/mol. The van der Waals surface area contributed by atoms with Gasteiger partial charge in [-0.15, -0.1) is 22.0 Å². The molecule has 0 fully saturated rings. The van der Waals surface area contributed by atoms with E-state index in [0.29, 0.717) is 15.9 Å². The Labute approximate surface area is 177 Å². The zero-order valence-corrected chi connectivity index (χ0v) is 17.2. The van der Waals surface area contributed by atoms with Gasteiger partial charge in [0.2, 0.25) is 6.41 Å². The predicted molar refractivity (Wildman–Crippen MR) is 108 cm³/mol. The first-order valence-corrected chi connectivity index (χ1v) is 10.4.